The molecule has 0 bridgehead atoms. The van der Waals surface area contributed by atoms with Gasteiger partial charge in [-0.2, -0.15) is 0 Å². The highest BCUT2D eigenvalue weighted by Gasteiger charge is 2.16. The maximum absolute atomic E-state index is 12.2. The molecule has 1 amide bonds. The SMILES string of the molecule is CCN(CC(C)C)C(=O)c1cccc(C(=O)O)c1. The van der Waals surface area contributed by atoms with Gasteiger partial charge < -0.3 is 10.0 Å². The number of carbonyl (C=O) groups is 2. The molecular weight excluding hydrogens is 230 g/mol. The van der Waals surface area contributed by atoms with Crippen LogP contribution in [0.5, 0.6) is 0 Å². The summed E-state index contributed by atoms with van der Waals surface area (Å²) in [5, 5.41) is 8.91. The van der Waals surface area contributed by atoms with Crippen molar-refractivity contribution in [2.24, 2.45) is 5.92 Å². The van der Waals surface area contributed by atoms with Crippen LogP contribution in [0.4, 0.5) is 0 Å². The molecule has 0 aliphatic rings. The highest BCUT2D eigenvalue weighted by atomic mass is 16.4. The Morgan fingerprint density at radius 3 is 2.39 bits per heavy atom. The number of rotatable bonds is 5. The van der Waals surface area contributed by atoms with Crippen molar-refractivity contribution in [2.45, 2.75) is 20.8 Å². The molecular formula is C14H19NO3. The number of nitrogens with zero attached hydrogens (tertiary/aromatic N) is 1. The molecule has 0 saturated carbocycles. The van der Waals surface area contributed by atoms with E-state index < -0.39 is 5.97 Å². The lowest BCUT2D eigenvalue weighted by Gasteiger charge is -2.23. The van der Waals surface area contributed by atoms with Gasteiger partial charge in [-0.15, -0.1) is 0 Å². The number of aromatic carboxylic acids is 1. The van der Waals surface area contributed by atoms with Crippen molar-refractivity contribution < 1.29 is 14.7 Å². The number of benzene rings is 1. The third-order valence-electron chi connectivity index (χ3n) is 2.61. The van der Waals surface area contributed by atoms with E-state index in [1.54, 1.807) is 17.0 Å². The Morgan fingerprint density at radius 2 is 1.89 bits per heavy atom. The van der Waals surface area contributed by atoms with E-state index in [1.807, 2.05) is 20.8 Å². The first-order chi connectivity index (χ1) is 8.45. The lowest BCUT2D eigenvalue weighted by molar-refractivity contribution is 0.0697. The number of carboxylic acid groups (broad SMARTS) is 1. The lowest BCUT2D eigenvalue weighted by atomic mass is 10.1. The Bertz CT molecular complexity index is 440. The predicted octanol–water partition coefficient (Wildman–Crippen LogP) is 2.50. The molecule has 0 aliphatic heterocycles. The van der Waals surface area contributed by atoms with Crippen molar-refractivity contribution in [2.75, 3.05) is 13.1 Å². The average Bonchev–Trinajstić information content (AvgIpc) is 2.35. The molecule has 0 spiro atoms. The van der Waals surface area contributed by atoms with Gasteiger partial charge in [0.25, 0.3) is 5.91 Å². The van der Waals surface area contributed by atoms with Gasteiger partial charge in [-0.05, 0) is 31.0 Å². The predicted molar refractivity (Wildman–Crippen MR) is 69.8 cm³/mol. The van der Waals surface area contributed by atoms with Crippen molar-refractivity contribution in [3.05, 3.63) is 35.4 Å². The monoisotopic (exact) mass is 249 g/mol. The molecule has 0 radical (unpaired) electrons. The molecule has 0 aromatic heterocycles. The fourth-order valence-corrected chi connectivity index (χ4v) is 1.76. The summed E-state index contributed by atoms with van der Waals surface area (Å²) in [5.41, 5.74) is 0.568. The lowest BCUT2D eigenvalue weighted by Crippen LogP contribution is -2.34. The third kappa shape index (κ3) is 3.58. The van der Waals surface area contributed by atoms with E-state index in [1.165, 1.54) is 12.1 Å². The van der Waals surface area contributed by atoms with Gasteiger partial charge in [-0.1, -0.05) is 19.9 Å². The van der Waals surface area contributed by atoms with E-state index in [4.69, 9.17) is 5.11 Å². The number of carbonyl (C=O) groups excluding carboxylic acids is 1. The highest BCUT2D eigenvalue weighted by Crippen LogP contribution is 2.10. The molecule has 18 heavy (non-hydrogen) atoms. The zero-order valence-electron chi connectivity index (χ0n) is 11.0. The maximum Gasteiger partial charge on any atom is 0.335 e. The summed E-state index contributed by atoms with van der Waals surface area (Å²) < 4.78 is 0. The minimum absolute atomic E-state index is 0.116. The first-order valence-corrected chi connectivity index (χ1v) is 6.08. The summed E-state index contributed by atoms with van der Waals surface area (Å²) in [5.74, 6) is -0.748. The van der Waals surface area contributed by atoms with Crippen LogP contribution in [0.2, 0.25) is 0 Å². The quantitative estimate of drug-likeness (QED) is 0.872. The van der Waals surface area contributed by atoms with Gasteiger partial charge in [-0.3, -0.25) is 4.79 Å². The Labute approximate surface area is 107 Å². The molecule has 4 heteroatoms. The minimum Gasteiger partial charge on any atom is -0.478 e. The molecule has 0 saturated heterocycles. The second-order valence-electron chi connectivity index (χ2n) is 4.62. The van der Waals surface area contributed by atoms with Crippen molar-refractivity contribution >= 4 is 11.9 Å². The summed E-state index contributed by atoms with van der Waals surface area (Å²) in [6.07, 6.45) is 0. The summed E-state index contributed by atoms with van der Waals surface area (Å²) >= 11 is 0. The molecule has 0 heterocycles. The van der Waals surface area contributed by atoms with Crippen molar-refractivity contribution in [3.8, 4) is 0 Å². The number of amides is 1. The van der Waals surface area contributed by atoms with Crippen LogP contribution < -0.4 is 0 Å². The number of carboxylic acids is 1. The van der Waals surface area contributed by atoms with Crippen LogP contribution in [0.25, 0.3) is 0 Å². The third-order valence-corrected chi connectivity index (χ3v) is 2.61. The minimum atomic E-state index is -1.02. The number of hydrogen-bond donors (Lipinski definition) is 1. The van der Waals surface area contributed by atoms with Crippen LogP contribution in [0, 0.1) is 5.92 Å². The molecule has 1 rings (SSSR count). The van der Waals surface area contributed by atoms with Crippen LogP contribution in [0.3, 0.4) is 0 Å². The normalized spacial score (nSPS) is 10.4. The summed E-state index contributed by atoms with van der Waals surface area (Å²) in [4.78, 5) is 24.8. The van der Waals surface area contributed by atoms with Gasteiger partial charge in [0, 0.05) is 18.7 Å². The molecule has 1 aromatic rings. The largest absolute Gasteiger partial charge is 0.478 e. The molecule has 4 nitrogen and oxygen atoms in total. The topological polar surface area (TPSA) is 57.6 Å². The van der Waals surface area contributed by atoms with Crippen molar-refractivity contribution in [1.29, 1.82) is 0 Å². The summed E-state index contributed by atoms with van der Waals surface area (Å²) in [6, 6.07) is 6.16. The molecule has 0 atom stereocenters. The first kappa shape index (κ1) is 14.2. The standard InChI is InChI=1S/C14H19NO3/c1-4-15(9-10(2)3)13(16)11-6-5-7-12(8-11)14(17)18/h5-8,10H,4,9H2,1-3H3,(H,17,18). The van der Waals surface area contributed by atoms with Gasteiger partial charge in [0.1, 0.15) is 0 Å². The maximum atomic E-state index is 12.2. The Hall–Kier alpha value is -1.84. The van der Waals surface area contributed by atoms with Crippen LogP contribution in [-0.4, -0.2) is 35.0 Å². The van der Waals surface area contributed by atoms with E-state index in [9.17, 15) is 9.59 Å². The zero-order chi connectivity index (χ0) is 13.7. The fourth-order valence-electron chi connectivity index (χ4n) is 1.76. The summed E-state index contributed by atoms with van der Waals surface area (Å²) in [6.45, 7) is 7.30. The van der Waals surface area contributed by atoms with Crippen molar-refractivity contribution in [3.63, 3.8) is 0 Å². The Kier molecular flexibility index (Phi) is 4.89. The van der Waals surface area contributed by atoms with Gasteiger partial charge in [0.15, 0.2) is 0 Å². The van der Waals surface area contributed by atoms with Gasteiger partial charge in [0.05, 0.1) is 5.56 Å². The molecule has 0 aliphatic carbocycles. The van der Waals surface area contributed by atoms with E-state index in [0.29, 0.717) is 24.6 Å². The smallest absolute Gasteiger partial charge is 0.335 e. The van der Waals surface area contributed by atoms with E-state index in [0.717, 1.165) is 0 Å². The average molecular weight is 249 g/mol. The molecule has 1 aromatic carbocycles. The Morgan fingerprint density at radius 1 is 1.28 bits per heavy atom. The van der Waals surface area contributed by atoms with Crippen LogP contribution in [-0.2, 0) is 0 Å². The fraction of sp³-hybridized carbons (Fsp3) is 0.429. The highest BCUT2D eigenvalue weighted by molar-refractivity contribution is 5.97. The van der Waals surface area contributed by atoms with Crippen LogP contribution in [0.15, 0.2) is 24.3 Å². The van der Waals surface area contributed by atoms with E-state index >= 15 is 0 Å². The first-order valence-electron chi connectivity index (χ1n) is 6.08. The van der Waals surface area contributed by atoms with E-state index in [2.05, 4.69) is 0 Å². The molecule has 0 unspecified atom stereocenters. The molecule has 98 valence electrons. The second-order valence-corrected chi connectivity index (χ2v) is 4.62. The second kappa shape index (κ2) is 6.19. The molecule has 0 fully saturated rings. The zero-order valence-corrected chi connectivity index (χ0v) is 11.0. The Balaban J connectivity index is 2.94. The number of hydrogen-bond acceptors (Lipinski definition) is 2. The van der Waals surface area contributed by atoms with Crippen LogP contribution >= 0.6 is 0 Å². The van der Waals surface area contributed by atoms with Gasteiger partial charge >= 0.3 is 5.97 Å². The summed E-state index contributed by atoms with van der Waals surface area (Å²) in [7, 11) is 0. The van der Waals surface area contributed by atoms with E-state index in [-0.39, 0.29) is 11.5 Å². The van der Waals surface area contributed by atoms with Gasteiger partial charge in [-0.25, -0.2) is 4.79 Å². The van der Waals surface area contributed by atoms with Crippen LogP contribution in [0.1, 0.15) is 41.5 Å². The van der Waals surface area contributed by atoms with Crippen molar-refractivity contribution in [1.82, 2.24) is 4.90 Å². The van der Waals surface area contributed by atoms with Gasteiger partial charge in [0.2, 0.25) is 0 Å². The molecule has 1 N–H and O–H groups in total.